The van der Waals surface area contributed by atoms with E-state index in [1.54, 1.807) is 13.8 Å². The summed E-state index contributed by atoms with van der Waals surface area (Å²) in [5.41, 5.74) is 2.32. The first-order valence-corrected chi connectivity index (χ1v) is 6.53. The van der Waals surface area contributed by atoms with Crippen molar-refractivity contribution in [1.29, 1.82) is 0 Å². The molecule has 19 heavy (non-hydrogen) atoms. The van der Waals surface area contributed by atoms with Gasteiger partial charge in [-0.3, -0.25) is 4.79 Å². The summed E-state index contributed by atoms with van der Waals surface area (Å²) in [6.07, 6.45) is 1.41. The van der Waals surface area contributed by atoms with Crippen LogP contribution < -0.4 is 0 Å². The van der Waals surface area contributed by atoms with E-state index in [4.69, 9.17) is 0 Å². The van der Waals surface area contributed by atoms with E-state index in [0.29, 0.717) is 6.42 Å². The molecule has 0 bridgehead atoms. The molecule has 0 saturated carbocycles. The lowest BCUT2D eigenvalue weighted by Gasteiger charge is -2.18. The van der Waals surface area contributed by atoms with Gasteiger partial charge in [0.2, 0.25) is 0 Å². The summed E-state index contributed by atoms with van der Waals surface area (Å²) in [7, 11) is 2.00. The van der Waals surface area contributed by atoms with E-state index in [1.807, 2.05) is 25.2 Å². The normalized spacial score (nSPS) is 12.0. The summed E-state index contributed by atoms with van der Waals surface area (Å²) in [5.74, 6) is 0.275. The number of benzene rings is 1. The maximum Gasteiger partial charge on any atom is 0.309 e. The third-order valence-corrected chi connectivity index (χ3v) is 3.58. The molecule has 0 aliphatic carbocycles. The van der Waals surface area contributed by atoms with Crippen molar-refractivity contribution < 1.29 is 9.90 Å². The number of nitrogens with zero attached hydrogens (tertiary/aromatic N) is 2. The zero-order valence-electron chi connectivity index (χ0n) is 11.9. The Bertz CT molecular complexity index is 626. The van der Waals surface area contributed by atoms with E-state index in [1.165, 1.54) is 0 Å². The van der Waals surface area contributed by atoms with Crippen LogP contribution in [0.2, 0.25) is 0 Å². The van der Waals surface area contributed by atoms with E-state index in [0.717, 1.165) is 28.8 Å². The molecule has 0 aliphatic heterocycles. The predicted octanol–water partition coefficient (Wildman–Crippen LogP) is 2.79. The lowest BCUT2D eigenvalue weighted by atomic mass is 9.86. The average Bonchev–Trinajstić information content (AvgIpc) is 2.65. The van der Waals surface area contributed by atoms with Crippen LogP contribution in [0.4, 0.5) is 0 Å². The van der Waals surface area contributed by atoms with E-state index in [-0.39, 0.29) is 0 Å². The van der Waals surface area contributed by atoms with Gasteiger partial charge in [0.1, 0.15) is 5.82 Å². The molecule has 4 nitrogen and oxygen atoms in total. The summed E-state index contributed by atoms with van der Waals surface area (Å²) in [6.45, 7) is 5.58. The Kier molecular flexibility index (Phi) is 3.35. The molecular formula is C15H20N2O2. The quantitative estimate of drug-likeness (QED) is 0.919. The number of aromatic nitrogens is 2. The number of aryl methyl sites for hydroxylation is 2. The summed E-state index contributed by atoms with van der Waals surface area (Å²) in [4.78, 5) is 15.7. The highest BCUT2D eigenvalue weighted by Crippen LogP contribution is 2.25. The number of imidazole rings is 1. The van der Waals surface area contributed by atoms with Crippen LogP contribution in [-0.2, 0) is 24.7 Å². The Morgan fingerprint density at radius 3 is 2.68 bits per heavy atom. The number of rotatable bonds is 4. The van der Waals surface area contributed by atoms with Gasteiger partial charge >= 0.3 is 5.97 Å². The topological polar surface area (TPSA) is 55.1 Å². The average molecular weight is 260 g/mol. The minimum absolute atomic E-state index is 0.519. The molecule has 0 atom stereocenters. The van der Waals surface area contributed by atoms with Gasteiger partial charge in [0.05, 0.1) is 16.4 Å². The molecular weight excluding hydrogens is 240 g/mol. The van der Waals surface area contributed by atoms with Crippen LogP contribution in [0.25, 0.3) is 11.0 Å². The van der Waals surface area contributed by atoms with Gasteiger partial charge in [-0.15, -0.1) is 0 Å². The van der Waals surface area contributed by atoms with Crippen LogP contribution in [0.1, 0.15) is 32.2 Å². The Morgan fingerprint density at radius 2 is 2.11 bits per heavy atom. The number of fused-ring (bicyclic) bond motifs is 1. The lowest BCUT2D eigenvalue weighted by molar-refractivity contribution is -0.146. The first-order chi connectivity index (χ1) is 8.85. The number of carboxylic acid groups (broad SMARTS) is 1. The highest BCUT2D eigenvalue weighted by molar-refractivity contribution is 5.78. The Hall–Kier alpha value is -1.84. The Labute approximate surface area is 113 Å². The first-order valence-electron chi connectivity index (χ1n) is 6.53. The van der Waals surface area contributed by atoms with Crippen molar-refractivity contribution in [3.63, 3.8) is 0 Å². The highest BCUT2D eigenvalue weighted by atomic mass is 16.4. The number of hydrogen-bond acceptors (Lipinski definition) is 2. The second kappa shape index (κ2) is 4.68. The minimum Gasteiger partial charge on any atom is -0.481 e. The maximum atomic E-state index is 11.2. The Morgan fingerprint density at radius 1 is 1.42 bits per heavy atom. The van der Waals surface area contributed by atoms with Crippen LogP contribution in [0, 0.1) is 5.41 Å². The monoisotopic (exact) mass is 260 g/mol. The second-order valence-electron chi connectivity index (χ2n) is 5.63. The molecule has 1 heterocycles. The molecule has 0 aliphatic rings. The van der Waals surface area contributed by atoms with Gasteiger partial charge < -0.3 is 9.67 Å². The third-order valence-electron chi connectivity index (χ3n) is 3.58. The van der Waals surface area contributed by atoms with Crippen molar-refractivity contribution >= 4 is 17.0 Å². The molecule has 0 spiro atoms. The summed E-state index contributed by atoms with van der Waals surface area (Å²) in [6, 6.07) is 5.99. The summed E-state index contributed by atoms with van der Waals surface area (Å²) >= 11 is 0. The van der Waals surface area contributed by atoms with Crippen molar-refractivity contribution in [2.45, 2.75) is 33.6 Å². The van der Waals surface area contributed by atoms with E-state index < -0.39 is 11.4 Å². The van der Waals surface area contributed by atoms with Crippen LogP contribution in [0.5, 0.6) is 0 Å². The van der Waals surface area contributed by atoms with Crippen LogP contribution in [-0.4, -0.2) is 20.6 Å². The summed E-state index contributed by atoms with van der Waals surface area (Å²) < 4.78 is 2.08. The molecule has 0 amide bonds. The van der Waals surface area contributed by atoms with E-state index in [9.17, 15) is 9.90 Å². The van der Waals surface area contributed by atoms with E-state index >= 15 is 0 Å². The summed E-state index contributed by atoms with van der Waals surface area (Å²) in [5, 5.41) is 9.20. The largest absolute Gasteiger partial charge is 0.481 e. The van der Waals surface area contributed by atoms with Gasteiger partial charge in [-0.25, -0.2) is 4.98 Å². The van der Waals surface area contributed by atoms with Crippen molar-refractivity contribution in [3.05, 3.63) is 29.6 Å². The molecule has 1 aromatic carbocycles. The lowest BCUT2D eigenvalue weighted by Crippen LogP contribution is -2.26. The molecule has 1 N–H and O–H groups in total. The zero-order valence-corrected chi connectivity index (χ0v) is 11.9. The molecule has 2 rings (SSSR count). The SMILES string of the molecule is CCc1nc2ccc(CC(C)(C)C(=O)O)cc2n1C. The zero-order chi connectivity index (χ0) is 14.2. The fourth-order valence-electron chi connectivity index (χ4n) is 2.30. The van der Waals surface area contributed by atoms with Crippen molar-refractivity contribution in [2.24, 2.45) is 12.5 Å². The van der Waals surface area contributed by atoms with Gasteiger partial charge in [-0.1, -0.05) is 13.0 Å². The van der Waals surface area contributed by atoms with Crippen LogP contribution in [0.3, 0.4) is 0 Å². The third kappa shape index (κ3) is 2.48. The molecule has 0 unspecified atom stereocenters. The number of aliphatic carboxylic acids is 1. The molecule has 2 aromatic rings. The molecule has 0 saturated heterocycles. The molecule has 0 radical (unpaired) electrons. The van der Waals surface area contributed by atoms with E-state index in [2.05, 4.69) is 16.5 Å². The van der Waals surface area contributed by atoms with Crippen molar-refractivity contribution in [2.75, 3.05) is 0 Å². The highest BCUT2D eigenvalue weighted by Gasteiger charge is 2.27. The minimum atomic E-state index is -0.771. The molecule has 4 heteroatoms. The van der Waals surface area contributed by atoms with Gasteiger partial charge in [0.15, 0.2) is 0 Å². The van der Waals surface area contributed by atoms with Crippen molar-refractivity contribution in [1.82, 2.24) is 9.55 Å². The standard InChI is InChI=1S/C15H20N2O2/c1-5-13-16-11-7-6-10(8-12(11)17(13)4)9-15(2,3)14(18)19/h6-8H,5,9H2,1-4H3,(H,18,19). The number of hydrogen-bond donors (Lipinski definition) is 1. The van der Waals surface area contributed by atoms with Crippen LogP contribution >= 0.6 is 0 Å². The molecule has 1 aromatic heterocycles. The predicted molar refractivity (Wildman–Crippen MR) is 75.2 cm³/mol. The maximum absolute atomic E-state index is 11.2. The fourth-order valence-corrected chi connectivity index (χ4v) is 2.30. The Balaban J connectivity index is 2.42. The fraction of sp³-hybridized carbons (Fsp3) is 0.467. The van der Waals surface area contributed by atoms with Crippen molar-refractivity contribution in [3.8, 4) is 0 Å². The van der Waals surface area contributed by atoms with Crippen LogP contribution in [0.15, 0.2) is 18.2 Å². The molecule has 0 fully saturated rings. The smallest absolute Gasteiger partial charge is 0.309 e. The van der Waals surface area contributed by atoms with Gasteiger partial charge in [0, 0.05) is 13.5 Å². The number of carboxylic acids is 1. The second-order valence-corrected chi connectivity index (χ2v) is 5.63. The number of carbonyl (C=O) groups is 1. The van der Waals surface area contributed by atoms with Gasteiger partial charge in [0.25, 0.3) is 0 Å². The van der Waals surface area contributed by atoms with Gasteiger partial charge in [-0.05, 0) is 38.0 Å². The first kappa shape index (κ1) is 13.6. The molecule has 102 valence electrons. The van der Waals surface area contributed by atoms with Gasteiger partial charge in [-0.2, -0.15) is 0 Å².